The van der Waals surface area contributed by atoms with Gasteiger partial charge in [0.2, 0.25) is 0 Å². The lowest BCUT2D eigenvalue weighted by Crippen LogP contribution is -2.31. The second-order valence-electron chi connectivity index (χ2n) is 6.55. The van der Waals surface area contributed by atoms with Crippen LogP contribution in [0.25, 0.3) is 10.9 Å². The van der Waals surface area contributed by atoms with Crippen molar-refractivity contribution >= 4 is 16.8 Å². The van der Waals surface area contributed by atoms with E-state index in [0.717, 1.165) is 22.9 Å². The molecule has 2 aromatic rings. The molecule has 0 aliphatic rings. The average Bonchev–Trinajstić information content (AvgIpc) is 2.62. The molecule has 6 nitrogen and oxygen atoms in total. The lowest BCUT2D eigenvalue weighted by atomic mass is 9.98. The summed E-state index contributed by atoms with van der Waals surface area (Å²) < 4.78 is 12.3. The number of pyridine rings is 1. The van der Waals surface area contributed by atoms with Crippen molar-refractivity contribution in [1.82, 2.24) is 9.88 Å². The summed E-state index contributed by atoms with van der Waals surface area (Å²) >= 11 is 0. The molecule has 0 saturated heterocycles. The number of nitrogens with one attached hydrogen (secondary N) is 1. The van der Waals surface area contributed by atoms with Gasteiger partial charge in [0.25, 0.3) is 11.5 Å². The van der Waals surface area contributed by atoms with Crippen molar-refractivity contribution in [3.63, 3.8) is 0 Å². The smallest absolute Gasteiger partial charge is 0.258 e. The molecular formula is C20H28N2O4. The van der Waals surface area contributed by atoms with Gasteiger partial charge in [-0.25, -0.2) is 0 Å². The predicted octanol–water partition coefficient (Wildman–Crippen LogP) is 2.68. The molecule has 1 aromatic carbocycles. The van der Waals surface area contributed by atoms with Crippen molar-refractivity contribution < 1.29 is 14.3 Å². The Kier molecular flexibility index (Phi) is 7.21. The number of carbonyl (C=O) groups excluding carboxylic acids is 1. The summed E-state index contributed by atoms with van der Waals surface area (Å²) in [6.45, 7) is 7.68. The van der Waals surface area contributed by atoms with Gasteiger partial charge in [0.15, 0.2) is 6.61 Å². The number of ether oxygens (including phenoxy) is 2. The molecule has 0 atom stereocenters. The van der Waals surface area contributed by atoms with Gasteiger partial charge in [-0.1, -0.05) is 20.8 Å². The Bertz CT molecular complexity index is 811. The van der Waals surface area contributed by atoms with Crippen LogP contribution in [0, 0.1) is 0 Å². The average molecular weight is 360 g/mol. The molecule has 2 rings (SSSR count). The minimum absolute atomic E-state index is 0.00231. The first-order valence-electron chi connectivity index (χ1n) is 9.03. The molecule has 1 aromatic heterocycles. The first-order chi connectivity index (χ1) is 12.5. The van der Waals surface area contributed by atoms with Gasteiger partial charge in [-0.05, 0) is 30.0 Å². The van der Waals surface area contributed by atoms with Crippen LogP contribution >= 0.6 is 0 Å². The van der Waals surface area contributed by atoms with Gasteiger partial charge in [-0.15, -0.1) is 0 Å². The zero-order valence-corrected chi connectivity index (χ0v) is 16.0. The number of aromatic nitrogens is 1. The minimum atomic E-state index is -0.205. The van der Waals surface area contributed by atoms with Gasteiger partial charge < -0.3 is 19.4 Å². The molecule has 6 heteroatoms. The summed E-state index contributed by atoms with van der Waals surface area (Å²) in [6, 6.07) is 7.39. The van der Waals surface area contributed by atoms with E-state index >= 15 is 0 Å². The van der Waals surface area contributed by atoms with Gasteiger partial charge in [-0.3, -0.25) is 9.59 Å². The monoisotopic (exact) mass is 360 g/mol. The molecule has 0 saturated carbocycles. The van der Waals surface area contributed by atoms with E-state index in [9.17, 15) is 9.59 Å². The van der Waals surface area contributed by atoms with Crippen molar-refractivity contribution in [3.05, 3.63) is 40.2 Å². The molecule has 26 heavy (non-hydrogen) atoms. The van der Waals surface area contributed by atoms with Gasteiger partial charge in [0.05, 0.1) is 12.1 Å². The zero-order valence-electron chi connectivity index (χ0n) is 16.0. The van der Waals surface area contributed by atoms with E-state index in [1.807, 2.05) is 25.1 Å². The second-order valence-corrected chi connectivity index (χ2v) is 6.55. The lowest BCUT2D eigenvalue weighted by Gasteiger charge is -2.16. The van der Waals surface area contributed by atoms with Crippen molar-refractivity contribution in [1.29, 1.82) is 0 Å². The Morgan fingerprint density at radius 3 is 2.69 bits per heavy atom. The highest BCUT2D eigenvalue weighted by molar-refractivity contribution is 5.84. The second kappa shape index (κ2) is 9.38. The molecule has 0 radical (unpaired) electrons. The van der Waals surface area contributed by atoms with E-state index in [1.165, 1.54) is 0 Å². The highest BCUT2D eigenvalue weighted by atomic mass is 16.5. The molecule has 1 heterocycles. The number of amides is 1. The van der Waals surface area contributed by atoms with E-state index in [-0.39, 0.29) is 24.0 Å². The third-order valence-corrected chi connectivity index (χ3v) is 4.18. The van der Waals surface area contributed by atoms with E-state index in [4.69, 9.17) is 9.47 Å². The summed E-state index contributed by atoms with van der Waals surface area (Å²) in [5.74, 6) is 0.619. The van der Waals surface area contributed by atoms with Crippen LogP contribution in [0.2, 0.25) is 0 Å². The maximum atomic E-state index is 12.5. The fourth-order valence-electron chi connectivity index (χ4n) is 2.90. The number of methoxy groups -OCH3 is 1. The largest absolute Gasteiger partial charge is 0.484 e. The number of hydrogen-bond donors (Lipinski definition) is 1. The highest BCUT2D eigenvalue weighted by Crippen LogP contribution is 2.27. The third-order valence-electron chi connectivity index (χ3n) is 4.18. The first-order valence-corrected chi connectivity index (χ1v) is 9.03. The third kappa shape index (κ3) is 4.85. The minimum Gasteiger partial charge on any atom is -0.484 e. The standard InChI is InChI=1S/C20H28N2O4/c1-5-9-22-18-11-15(26-13-19(23)21-8-10-25-4)6-7-16(18)17(14(2)3)12-20(22)24/h6-7,11-12,14H,5,8-10,13H2,1-4H3,(H,21,23). The van der Waals surface area contributed by atoms with Crippen LogP contribution < -0.4 is 15.6 Å². The summed E-state index contributed by atoms with van der Waals surface area (Å²) in [4.78, 5) is 24.3. The molecule has 0 aliphatic heterocycles. The van der Waals surface area contributed by atoms with Crippen LogP contribution in [0.15, 0.2) is 29.1 Å². The molecule has 0 aliphatic carbocycles. The molecule has 0 spiro atoms. The first kappa shape index (κ1) is 20.0. The van der Waals surface area contributed by atoms with Crippen LogP contribution in [0.1, 0.15) is 38.7 Å². The Hall–Kier alpha value is -2.34. The van der Waals surface area contributed by atoms with Crippen LogP contribution in [-0.2, 0) is 16.1 Å². The Labute approximate surface area is 154 Å². The Morgan fingerprint density at radius 1 is 1.27 bits per heavy atom. The normalized spacial score (nSPS) is 11.1. The van der Waals surface area contributed by atoms with Gasteiger partial charge in [0.1, 0.15) is 5.75 Å². The molecular weight excluding hydrogens is 332 g/mol. The maximum Gasteiger partial charge on any atom is 0.258 e. The van der Waals surface area contributed by atoms with Crippen LogP contribution in [-0.4, -0.2) is 37.3 Å². The SMILES string of the molecule is CCCn1c(=O)cc(C(C)C)c2ccc(OCC(=O)NCCOC)cc21. The molecule has 1 N–H and O–H groups in total. The molecule has 0 bridgehead atoms. The van der Waals surface area contributed by atoms with Crippen molar-refractivity contribution in [2.24, 2.45) is 0 Å². The number of hydrogen-bond acceptors (Lipinski definition) is 4. The van der Waals surface area contributed by atoms with E-state index in [2.05, 4.69) is 19.2 Å². The lowest BCUT2D eigenvalue weighted by molar-refractivity contribution is -0.123. The van der Waals surface area contributed by atoms with Crippen molar-refractivity contribution in [3.8, 4) is 5.75 Å². The van der Waals surface area contributed by atoms with Crippen LogP contribution in [0.4, 0.5) is 0 Å². The van der Waals surface area contributed by atoms with Crippen molar-refractivity contribution in [2.75, 3.05) is 26.9 Å². The summed E-state index contributed by atoms with van der Waals surface area (Å²) in [5.41, 5.74) is 1.87. The van der Waals surface area contributed by atoms with E-state index in [0.29, 0.717) is 25.4 Å². The highest BCUT2D eigenvalue weighted by Gasteiger charge is 2.12. The number of carbonyl (C=O) groups is 1. The number of rotatable bonds is 9. The van der Waals surface area contributed by atoms with Gasteiger partial charge >= 0.3 is 0 Å². The molecule has 1 amide bonds. The summed E-state index contributed by atoms with van der Waals surface area (Å²) in [6.07, 6.45) is 0.864. The predicted molar refractivity (Wildman–Crippen MR) is 103 cm³/mol. The number of benzene rings is 1. The number of nitrogens with zero attached hydrogens (tertiary/aromatic N) is 1. The fourth-order valence-corrected chi connectivity index (χ4v) is 2.90. The van der Waals surface area contributed by atoms with Crippen molar-refractivity contribution in [2.45, 2.75) is 39.7 Å². The van der Waals surface area contributed by atoms with E-state index < -0.39 is 0 Å². The molecule has 0 fully saturated rings. The quantitative estimate of drug-likeness (QED) is 0.698. The van der Waals surface area contributed by atoms with E-state index in [1.54, 1.807) is 17.7 Å². The van der Waals surface area contributed by atoms with Crippen LogP contribution in [0.5, 0.6) is 5.75 Å². The summed E-state index contributed by atoms with van der Waals surface area (Å²) in [7, 11) is 1.58. The zero-order chi connectivity index (χ0) is 19.1. The topological polar surface area (TPSA) is 69.6 Å². The Balaban J connectivity index is 2.29. The van der Waals surface area contributed by atoms with Gasteiger partial charge in [-0.2, -0.15) is 0 Å². The maximum absolute atomic E-state index is 12.5. The fraction of sp³-hybridized carbons (Fsp3) is 0.500. The molecule has 142 valence electrons. The Morgan fingerprint density at radius 2 is 2.04 bits per heavy atom. The van der Waals surface area contributed by atoms with Crippen LogP contribution in [0.3, 0.4) is 0 Å². The number of aryl methyl sites for hydroxylation is 1. The summed E-state index contributed by atoms with van der Waals surface area (Å²) in [5, 5.41) is 3.76. The number of fused-ring (bicyclic) bond motifs is 1. The van der Waals surface area contributed by atoms with Gasteiger partial charge in [0, 0.05) is 37.7 Å². The molecule has 0 unspecified atom stereocenters.